The van der Waals surface area contributed by atoms with Gasteiger partial charge in [0.15, 0.2) is 0 Å². The summed E-state index contributed by atoms with van der Waals surface area (Å²) >= 11 is 5.68. The van der Waals surface area contributed by atoms with Crippen LogP contribution >= 0.6 is 11.6 Å². The summed E-state index contributed by atoms with van der Waals surface area (Å²) < 4.78 is 0. The Kier molecular flexibility index (Phi) is 3.59. The molecule has 0 bridgehead atoms. The van der Waals surface area contributed by atoms with Crippen LogP contribution in [0.3, 0.4) is 0 Å². The SMILES string of the molecule is CC(=O)CC(=O)Nc1cc(Cl)ccn1. The van der Waals surface area contributed by atoms with Gasteiger partial charge in [-0.1, -0.05) is 11.6 Å². The second-order valence-electron chi connectivity index (χ2n) is 2.79. The molecule has 1 rings (SSSR count). The lowest BCUT2D eigenvalue weighted by atomic mass is 10.3. The fraction of sp³-hybridized carbons (Fsp3) is 0.222. The number of carbonyl (C=O) groups is 2. The van der Waals surface area contributed by atoms with E-state index in [0.29, 0.717) is 10.8 Å². The Morgan fingerprint density at radius 2 is 2.29 bits per heavy atom. The van der Waals surface area contributed by atoms with Crippen molar-refractivity contribution in [3.63, 3.8) is 0 Å². The highest BCUT2D eigenvalue weighted by Crippen LogP contribution is 2.11. The first-order valence-corrected chi connectivity index (χ1v) is 4.36. The third kappa shape index (κ3) is 3.53. The molecule has 0 aliphatic heterocycles. The number of pyridine rings is 1. The van der Waals surface area contributed by atoms with Gasteiger partial charge in [0, 0.05) is 11.2 Å². The molecule has 5 heteroatoms. The van der Waals surface area contributed by atoms with Crippen molar-refractivity contribution in [1.82, 2.24) is 4.98 Å². The average molecular weight is 213 g/mol. The highest BCUT2D eigenvalue weighted by atomic mass is 35.5. The van der Waals surface area contributed by atoms with Gasteiger partial charge in [-0.3, -0.25) is 9.59 Å². The van der Waals surface area contributed by atoms with Crippen LogP contribution in [-0.4, -0.2) is 16.7 Å². The molecule has 0 atom stereocenters. The van der Waals surface area contributed by atoms with Crippen LogP contribution in [0.5, 0.6) is 0 Å². The predicted octanol–water partition coefficient (Wildman–Crippen LogP) is 1.65. The molecule has 14 heavy (non-hydrogen) atoms. The van der Waals surface area contributed by atoms with E-state index in [4.69, 9.17) is 11.6 Å². The fourth-order valence-corrected chi connectivity index (χ4v) is 1.05. The third-order valence-corrected chi connectivity index (χ3v) is 1.63. The normalized spacial score (nSPS) is 9.57. The van der Waals surface area contributed by atoms with Gasteiger partial charge < -0.3 is 5.32 Å². The number of nitrogens with one attached hydrogen (secondary N) is 1. The molecule has 0 aliphatic carbocycles. The maximum absolute atomic E-state index is 11.1. The van der Waals surface area contributed by atoms with Gasteiger partial charge in [0.05, 0.1) is 6.42 Å². The second kappa shape index (κ2) is 4.72. The van der Waals surface area contributed by atoms with Gasteiger partial charge >= 0.3 is 0 Å². The molecule has 74 valence electrons. The Labute approximate surface area is 86.3 Å². The van der Waals surface area contributed by atoms with Gasteiger partial charge in [-0.2, -0.15) is 0 Å². The summed E-state index contributed by atoms with van der Waals surface area (Å²) in [5, 5.41) is 2.94. The van der Waals surface area contributed by atoms with Crippen LogP contribution in [0.4, 0.5) is 5.82 Å². The van der Waals surface area contributed by atoms with E-state index < -0.39 is 0 Å². The molecule has 0 fully saturated rings. The van der Waals surface area contributed by atoms with Crippen LogP contribution in [0.25, 0.3) is 0 Å². The summed E-state index contributed by atoms with van der Waals surface area (Å²) in [6.45, 7) is 1.35. The number of anilines is 1. The molecule has 0 unspecified atom stereocenters. The van der Waals surface area contributed by atoms with E-state index in [0.717, 1.165) is 0 Å². The lowest BCUT2D eigenvalue weighted by Crippen LogP contribution is -2.15. The molecule has 1 aromatic heterocycles. The summed E-state index contributed by atoms with van der Waals surface area (Å²) in [5.41, 5.74) is 0. The number of halogens is 1. The Morgan fingerprint density at radius 3 is 2.86 bits per heavy atom. The van der Waals surface area contributed by atoms with Crippen molar-refractivity contribution in [2.75, 3.05) is 5.32 Å². The summed E-state index contributed by atoms with van der Waals surface area (Å²) in [6.07, 6.45) is 1.33. The van der Waals surface area contributed by atoms with Gasteiger partial charge in [0.25, 0.3) is 0 Å². The average Bonchev–Trinajstić information content (AvgIpc) is 2.01. The molecular formula is C9H9ClN2O2. The zero-order valence-corrected chi connectivity index (χ0v) is 8.34. The minimum Gasteiger partial charge on any atom is -0.310 e. The monoisotopic (exact) mass is 212 g/mol. The number of ketones is 1. The van der Waals surface area contributed by atoms with E-state index in [1.165, 1.54) is 19.2 Å². The zero-order valence-electron chi connectivity index (χ0n) is 7.58. The lowest BCUT2D eigenvalue weighted by Gasteiger charge is -2.02. The molecule has 0 aromatic carbocycles. The minimum absolute atomic E-state index is 0.145. The van der Waals surface area contributed by atoms with Crippen molar-refractivity contribution in [1.29, 1.82) is 0 Å². The molecule has 0 spiro atoms. The number of aromatic nitrogens is 1. The maximum Gasteiger partial charge on any atom is 0.232 e. The summed E-state index contributed by atoms with van der Waals surface area (Å²) in [5.74, 6) is -0.222. The van der Waals surface area contributed by atoms with Gasteiger partial charge in [0.1, 0.15) is 11.6 Å². The first kappa shape index (κ1) is 10.7. The summed E-state index contributed by atoms with van der Waals surface area (Å²) in [7, 11) is 0. The van der Waals surface area contributed by atoms with E-state index in [9.17, 15) is 9.59 Å². The molecule has 0 radical (unpaired) electrons. The van der Waals surface area contributed by atoms with E-state index in [1.54, 1.807) is 6.07 Å². The quantitative estimate of drug-likeness (QED) is 0.776. The van der Waals surface area contributed by atoms with Crippen LogP contribution in [-0.2, 0) is 9.59 Å². The van der Waals surface area contributed by atoms with Crippen LogP contribution in [0.1, 0.15) is 13.3 Å². The van der Waals surface area contributed by atoms with Crippen molar-refractivity contribution in [2.24, 2.45) is 0 Å². The van der Waals surface area contributed by atoms with Gasteiger partial charge in [0.2, 0.25) is 5.91 Å². The highest BCUT2D eigenvalue weighted by molar-refractivity contribution is 6.30. The van der Waals surface area contributed by atoms with Crippen LogP contribution in [0, 0.1) is 0 Å². The van der Waals surface area contributed by atoms with Crippen LogP contribution in [0.15, 0.2) is 18.3 Å². The Balaban J connectivity index is 2.60. The van der Waals surface area contributed by atoms with E-state index in [1.807, 2.05) is 0 Å². The molecule has 1 amide bonds. The van der Waals surface area contributed by atoms with Gasteiger partial charge in [-0.05, 0) is 19.1 Å². The first-order chi connectivity index (χ1) is 6.58. The molecule has 0 saturated carbocycles. The van der Waals surface area contributed by atoms with E-state index in [-0.39, 0.29) is 18.1 Å². The highest BCUT2D eigenvalue weighted by Gasteiger charge is 2.05. The van der Waals surface area contributed by atoms with Crippen molar-refractivity contribution in [3.8, 4) is 0 Å². The van der Waals surface area contributed by atoms with Crippen LogP contribution < -0.4 is 5.32 Å². The topological polar surface area (TPSA) is 59.1 Å². The number of Topliss-reactive ketones (excluding diaryl/α,β-unsaturated/α-hetero) is 1. The first-order valence-electron chi connectivity index (χ1n) is 3.99. The number of rotatable bonds is 3. The molecule has 1 aromatic rings. The Morgan fingerprint density at radius 1 is 1.57 bits per heavy atom. The smallest absolute Gasteiger partial charge is 0.232 e. The van der Waals surface area contributed by atoms with E-state index in [2.05, 4.69) is 10.3 Å². The number of hydrogen-bond donors (Lipinski definition) is 1. The standard InChI is InChI=1S/C9H9ClN2O2/c1-6(13)4-9(14)12-8-5-7(10)2-3-11-8/h2-3,5H,4H2,1H3,(H,11,12,14). The van der Waals surface area contributed by atoms with Gasteiger partial charge in [-0.15, -0.1) is 0 Å². The molecule has 4 nitrogen and oxygen atoms in total. The minimum atomic E-state index is -0.382. The molecular weight excluding hydrogens is 204 g/mol. The maximum atomic E-state index is 11.1. The Bertz CT molecular complexity index is 366. The molecule has 1 heterocycles. The summed E-state index contributed by atoms with van der Waals surface area (Å²) in [6, 6.07) is 3.11. The number of carbonyl (C=O) groups excluding carboxylic acids is 2. The summed E-state index contributed by atoms with van der Waals surface area (Å²) in [4.78, 5) is 25.6. The van der Waals surface area contributed by atoms with Crippen LogP contribution in [0.2, 0.25) is 5.02 Å². The largest absolute Gasteiger partial charge is 0.310 e. The zero-order chi connectivity index (χ0) is 10.6. The Hall–Kier alpha value is -1.42. The number of nitrogens with zero attached hydrogens (tertiary/aromatic N) is 1. The number of amides is 1. The molecule has 0 aliphatic rings. The number of hydrogen-bond acceptors (Lipinski definition) is 3. The fourth-order valence-electron chi connectivity index (χ4n) is 0.886. The third-order valence-electron chi connectivity index (χ3n) is 1.40. The lowest BCUT2D eigenvalue weighted by molar-refractivity contribution is -0.124. The van der Waals surface area contributed by atoms with Crippen molar-refractivity contribution in [3.05, 3.63) is 23.4 Å². The van der Waals surface area contributed by atoms with E-state index >= 15 is 0 Å². The van der Waals surface area contributed by atoms with Gasteiger partial charge in [-0.25, -0.2) is 4.98 Å². The van der Waals surface area contributed by atoms with Crippen molar-refractivity contribution in [2.45, 2.75) is 13.3 Å². The van der Waals surface area contributed by atoms with Crippen molar-refractivity contribution >= 4 is 29.1 Å². The molecule has 1 N–H and O–H groups in total. The predicted molar refractivity (Wildman–Crippen MR) is 53.2 cm³/mol. The molecule has 0 saturated heterocycles. The second-order valence-corrected chi connectivity index (χ2v) is 3.22. The van der Waals surface area contributed by atoms with Crippen molar-refractivity contribution < 1.29 is 9.59 Å².